The lowest BCUT2D eigenvalue weighted by molar-refractivity contribution is 0.102. The minimum atomic E-state index is -0.252. The number of anilines is 2. The van der Waals surface area contributed by atoms with Crippen LogP contribution in [0.5, 0.6) is 5.75 Å². The fourth-order valence-corrected chi connectivity index (χ4v) is 3.27. The molecule has 2 aromatic carbocycles. The van der Waals surface area contributed by atoms with Crippen LogP contribution in [0.1, 0.15) is 32.7 Å². The second-order valence-corrected chi connectivity index (χ2v) is 7.02. The molecular formula is C23H26N4O2. The first-order valence-electron chi connectivity index (χ1n) is 9.55. The van der Waals surface area contributed by atoms with E-state index in [-0.39, 0.29) is 5.91 Å². The molecule has 150 valence electrons. The van der Waals surface area contributed by atoms with Gasteiger partial charge in [-0.2, -0.15) is 0 Å². The number of rotatable bonds is 7. The minimum absolute atomic E-state index is 0.252. The largest absolute Gasteiger partial charge is 0.497 e. The Kier molecular flexibility index (Phi) is 6.44. The predicted molar refractivity (Wildman–Crippen MR) is 116 cm³/mol. The highest BCUT2D eigenvalue weighted by Crippen LogP contribution is 2.22. The van der Waals surface area contributed by atoms with Crippen molar-refractivity contribution in [2.45, 2.75) is 27.2 Å². The molecule has 2 N–H and O–H groups in total. The molecule has 0 aliphatic carbocycles. The fourth-order valence-electron chi connectivity index (χ4n) is 3.27. The molecule has 1 aromatic heterocycles. The van der Waals surface area contributed by atoms with Crippen molar-refractivity contribution in [3.8, 4) is 5.75 Å². The molecule has 0 fully saturated rings. The minimum Gasteiger partial charge on any atom is -0.497 e. The van der Waals surface area contributed by atoms with E-state index in [0.717, 1.165) is 34.5 Å². The van der Waals surface area contributed by atoms with Crippen molar-refractivity contribution in [2.75, 3.05) is 24.3 Å². The van der Waals surface area contributed by atoms with Crippen LogP contribution in [-0.4, -0.2) is 29.5 Å². The van der Waals surface area contributed by atoms with Crippen LogP contribution in [0.2, 0.25) is 0 Å². The Hall–Kier alpha value is -3.41. The molecule has 6 nitrogen and oxygen atoms in total. The Morgan fingerprint density at radius 3 is 2.55 bits per heavy atom. The van der Waals surface area contributed by atoms with Gasteiger partial charge < -0.3 is 15.4 Å². The zero-order valence-corrected chi connectivity index (χ0v) is 17.2. The summed E-state index contributed by atoms with van der Waals surface area (Å²) in [6, 6.07) is 13.6. The lowest BCUT2D eigenvalue weighted by atomic mass is 10.1. The zero-order valence-electron chi connectivity index (χ0n) is 17.2. The molecule has 0 saturated carbocycles. The Morgan fingerprint density at radius 2 is 1.83 bits per heavy atom. The van der Waals surface area contributed by atoms with Crippen LogP contribution in [-0.2, 0) is 6.42 Å². The maximum atomic E-state index is 12.7. The van der Waals surface area contributed by atoms with Gasteiger partial charge in [-0.3, -0.25) is 4.79 Å². The highest BCUT2D eigenvalue weighted by Gasteiger charge is 2.12. The predicted octanol–water partition coefficient (Wildman–Crippen LogP) is 4.32. The quantitative estimate of drug-likeness (QED) is 0.628. The lowest BCUT2D eigenvalue weighted by Crippen LogP contribution is -2.17. The third-order valence-corrected chi connectivity index (χ3v) is 4.63. The SMILES string of the molecule is COc1cccc(CCNc2nccc(C(=O)Nc3c(C)cc(C)cc3C)n2)c1. The number of nitrogens with one attached hydrogen (secondary N) is 2. The van der Waals surface area contributed by atoms with Crippen molar-refractivity contribution < 1.29 is 9.53 Å². The average Bonchev–Trinajstić information content (AvgIpc) is 2.71. The van der Waals surface area contributed by atoms with Crippen LogP contribution in [0.25, 0.3) is 0 Å². The first kappa shape index (κ1) is 20.3. The van der Waals surface area contributed by atoms with E-state index in [1.54, 1.807) is 19.4 Å². The molecule has 3 rings (SSSR count). The van der Waals surface area contributed by atoms with E-state index in [1.807, 2.05) is 57.2 Å². The Morgan fingerprint density at radius 1 is 1.07 bits per heavy atom. The molecule has 0 spiro atoms. The van der Waals surface area contributed by atoms with Crippen LogP contribution in [0.4, 0.5) is 11.6 Å². The van der Waals surface area contributed by atoms with Gasteiger partial charge in [0.2, 0.25) is 5.95 Å². The molecule has 1 amide bonds. The van der Waals surface area contributed by atoms with Gasteiger partial charge in [0.05, 0.1) is 7.11 Å². The zero-order chi connectivity index (χ0) is 20.8. The number of carbonyl (C=O) groups excluding carboxylic acids is 1. The van der Waals surface area contributed by atoms with E-state index >= 15 is 0 Å². The van der Waals surface area contributed by atoms with Crippen LogP contribution < -0.4 is 15.4 Å². The normalized spacial score (nSPS) is 10.5. The third-order valence-electron chi connectivity index (χ3n) is 4.63. The van der Waals surface area contributed by atoms with Crippen molar-refractivity contribution in [3.63, 3.8) is 0 Å². The van der Waals surface area contributed by atoms with Gasteiger partial charge in [-0.05, 0) is 62.1 Å². The van der Waals surface area contributed by atoms with E-state index in [1.165, 1.54) is 5.56 Å². The maximum absolute atomic E-state index is 12.7. The maximum Gasteiger partial charge on any atom is 0.274 e. The number of aromatic nitrogens is 2. The Labute approximate surface area is 171 Å². The van der Waals surface area contributed by atoms with Gasteiger partial charge in [0, 0.05) is 18.4 Å². The van der Waals surface area contributed by atoms with Gasteiger partial charge in [0.15, 0.2) is 0 Å². The summed E-state index contributed by atoms with van der Waals surface area (Å²) in [5, 5.41) is 6.15. The summed E-state index contributed by atoms with van der Waals surface area (Å²) < 4.78 is 5.24. The van der Waals surface area contributed by atoms with Crippen molar-refractivity contribution in [2.24, 2.45) is 0 Å². The lowest BCUT2D eigenvalue weighted by Gasteiger charge is -2.13. The van der Waals surface area contributed by atoms with Gasteiger partial charge in [0.25, 0.3) is 5.91 Å². The summed E-state index contributed by atoms with van der Waals surface area (Å²) in [6.45, 7) is 6.66. The van der Waals surface area contributed by atoms with Crippen LogP contribution in [0.3, 0.4) is 0 Å². The topological polar surface area (TPSA) is 76.1 Å². The molecule has 0 aliphatic rings. The number of hydrogen-bond acceptors (Lipinski definition) is 5. The van der Waals surface area contributed by atoms with Crippen molar-refractivity contribution in [1.82, 2.24) is 9.97 Å². The van der Waals surface area contributed by atoms with E-state index < -0.39 is 0 Å². The van der Waals surface area contributed by atoms with E-state index in [0.29, 0.717) is 18.2 Å². The highest BCUT2D eigenvalue weighted by molar-refractivity contribution is 6.03. The van der Waals surface area contributed by atoms with E-state index in [2.05, 4.69) is 20.6 Å². The van der Waals surface area contributed by atoms with Crippen LogP contribution in [0.15, 0.2) is 48.7 Å². The number of nitrogens with zero attached hydrogens (tertiary/aromatic N) is 2. The monoisotopic (exact) mass is 390 g/mol. The number of aryl methyl sites for hydroxylation is 3. The van der Waals surface area contributed by atoms with E-state index in [4.69, 9.17) is 4.74 Å². The second kappa shape index (κ2) is 9.19. The number of benzene rings is 2. The molecule has 0 atom stereocenters. The van der Waals surface area contributed by atoms with Gasteiger partial charge >= 0.3 is 0 Å². The average molecular weight is 390 g/mol. The summed E-state index contributed by atoms with van der Waals surface area (Å²) in [5.41, 5.74) is 5.52. The highest BCUT2D eigenvalue weighted by atomic mass is 16.5. The third kappa shape index (κ3) is 5.31. The fraction of sp³-hybridized carbons (Fsp3) is 0.261. The van der Waals surface area contributed by atoms with Crippen LogP contribution in [0, 0.1) is 20.8 Å². The molecular weight excluding hydrogens is 364 g/mol. The van der Waals surface area contributed by atoms with Gasteiger partial charge in [0.1, 0.15) is 11.4 Å². The van der Waals surface area contributed by atoms with Gasteiger partial charge in [-0.15, -0.1) is 0 Å². The number of carbonyl (C=O) groups is 1. The molecule has 6 heteroatoms. The first-order chi connectivity index (χ1) is 14.0. The summed E-state index contributed by atoms with van der Waals surface area (Å²) in [7, 11) is 1.65. The van der Waals surface area contributed by atoms with Crippen molar-refractivity contribution >= 4 is 17.5 Å². The van der Waals surface area contributed by atoms with Crippen molar-refractivity contribution in [1.29, 1.82) is 0 Å². The Bertz CT molecular complexity index is 994. The number of ether oxygens (including phenoxy) is 1. The van der Waals surface area contributed by atoms with Gasteiger partial charge in [-0.25, -0.2) is 9.97 Å². The summed E-state index contributed by atoms with van der Waals surface area (Å²) in [6.07, 6.45) is 2.38. The van der Waals surface area contributed by atoms with E-state index in [9.17, 15) is 4.79 Å². The van der Waals surface area contributed by atoms with Crippen molar-refractivity contribution in [3.05, 3.63) is 76.6 Å². The molecule has 0 unspecified atom stereocenters. The second-order valence-electron chi connectivity index (χ2n) is 7.02. The smallest absolute Gasteiger partial charge is 0.274 e. The van der Waals surface area contributed by atoms with Crippen LogP contribution >= 0.6 is 0 Å². The molecule has 29 heavy (non-hydrogen) atoms. The number of methoxy groups -OCH3 is 1. The summed E-state index contributed by atoms with van der Waals surface area (Å²) >= 11 is 0. The van der Waals surface area contributed by atoms with Gasteiger partial charge in [-0.1, -0.05) is 29.8 Å². The molecule has 3 aromatic rings. The molecule has 0 saturated heterocycles. The number of hydrogen-bond donors (Lipinski definition) is 2. The first-order valence-corrected chi connectivity index (χ1v) is 9.55. The molecule has 0 radical (unpaired) electrons. The summed E-state index contributed by atoms with van der Waals surface area (Å²) in [5.74, 6) is 1.01. The standard InChI is InChI=1S/C23H26N4O2/c1-15-12-16(2)21(17(3)13-15)27-22(28)20-9-11-25-23(26-20)24-10-8-18-6-5-7-19(14-18)29-4/h5-7,9,11-14H,8,10H2,1-4H3,(H,27,28)(H,24,25,26). The number of amides is 1. The molecule has 0 aliphatic heterocycles. The Balaban J connectivity index is 1.63. The molecule has 1 heterocycles. The summed E-state index contributed by atoms with van der Waals surface area (Å²) in [4.78, 5) is 21.2. The molecule has 0 bridgehead atoms.